The van der Waals surface area contributed by atoms with Crippen molar-refractivity contribution in [2.45, 2.75) is 32.2 Å². The van der Waals surface area contributed by atoms with Gasteiger partial charge in [0.15, 0.2) is 0 Å². The Kier molecular flexibility index (Phi) is 3.91. The molecule has 1 aromatic heterocycles. The molecule has 1 aromatic rings. The van der Waals surface area contributed by atoms with Crippen LogP contribution in [0.1, 0.15) is 37.0 Å². The van der Waals surface area contributed by atoms with E-state index in [1.165, 1.54) is 0 Å². The van der Waals surface area contributed by atoms with Crippen LogP contribution in [0.25, 0.3) is 0 Å². The normalized spacial score (nSPS) is 14.6. The molecule has 0 aliphatic rings. The molecule has 0 saturated heterocycles. The van der Waals surface area contributed by atoms with Gasteiger partial charge in [-0.2, -0.15) is 0 Å². The number of nitrogens with one attached hydrogen (secondary N) is 2. The van der Waals surface area contributed by atoms with Crippen molar-refractivity contribution in [1.82, 2.24) is 10.3 Å². The van der Waals surface area contributed by atoms with Gasteiger partial charge < -0.3 is 15.4 Å². The van der Waals surface area contributed by atoms with Gasteiger partial charge in [0.25, 0.3) is 5.91 Å². The molecule has 1 unspecified atom stereocenters. The minimum absolute atomic E-state index is 0.0811. The van der Waals surface area contributed by atoms with Crippen LogP contribution in [-0.4, -0.2) is 28.1 Å². The summed E-state index contributed by atoms with van der Waals surface area (Å²) in [6.07, 6.45) is 4.73. The van der Waals surface area contributed by atoms with Crippen molar-refractivity contribution in [3.05, 3.63) is 24.0 Å². The third-order valence-electron chi connectivity index (χ3n) is 2.72. The molecule has 0 aromatic carbocycles. The summed E-state index contributed by atoms with van der Waals surface area (Å²) in [4.78, 5) is 14.6. The molecular weight excluding hydrogens is 192 g/mol. The first-order valence-electron chi connectivity index (χ1n) is 5.17. The quantitative estimate of drug-likeness (QED) is 0.685. The second-order valence-corrected chi connectivity index (χ2v) is 3.94. The number of rotatable bonds is 5. The minimum atomic E-state index is -0.330. The van der Waals surface area contributed by atoms with E-state index >= 15 is 0 Å². The van der Waals surface area contributed by atoms with Crippen molar-refractivity contribution in [1.29, 1.82) is 0 Å². The number of hydrogen-bond donors (Lipinski definition) is 3. The van der Waals surface area contributed by atoms with Gasteiger partial charge in [0.1, 0.15) is 0 Å². The number of carbonyl (C=O) groups excluding carboxylic acids is 1. The summed E-state index contributed by atoms with van der Waals surface area (Å²) >= 11 is 0. The minimum Gasteiger partial charge on any atom is -0.396 e. The monoisotopic (exact) mass is 210 g/mol. The van der Waals surface area contributed by atoms with E-state index in [2.05, 4.69) is 10.3 Å². The molecular formula is C11H18N2O2. The van der Waals surface area contributed by atoms with Gasteiger partial charge in [-0.1, -0.05) is 6.92 Å². The predicted molar refractivity (Wildman–Crippen MR) is 58.7 cm³/mol. The number of aromatic nitrogens is 1. The van der Waals surface area contributed by atoms with Crippen LogP contribution in [-0.2, 0) is 0 Å². The van der Waals surface area contributed by atoms with Crippen LogP contribution < -0.4 is 5.32 Å². The summed E-state index contributed by atoms with van der Waals surface area (Å²) in [7, 11) is 0. The lowest BCUT2D eigenvalue weighted by Crippen LogP contribution is -2.46. The number of aliphatic hydroxyl groups excluding tert-OH is 1. The molecule has 15 heavy (non-hydrogen) atoms. The largest absolute Gasteiger partial charge is 0.396 e. The van der Waals surface area contributed by atoms with Gasteiger partial charge in [-0.05, 0) is 25.8 Å². The van der Waals surface area contributed by atoms with Gasteiger partial charge in [-0.3, -0.25) is 4.79 Å². The highest BCUT2D eigenvalue weighted by atomic mass is 16.3. The Balaban J connectivity index is 2.63. The van der Waals surface area contributed by atoms with Gasteiger partial charge in [-0.25, -0.2) is 0 Å². The summed E-state index contributed by atoms with van der Waals surface area (Å²) in [5.41, 5.74) is 0.288. The van der Waals surface area contributed by atoms with Crippen LogP contribution in [0.5, 0.6) is 0 Å². The zero-order chi connectivity index (χ0) is 11.3. The topological polar surface area (TPSA) is 65.1 Å². The van der Waals surface area contributed by atoms with E-state index in [1.54, 1.807) is 18.5 Å². The predicted octanol–water partition coefficient (Wildman–Crippen LogP) is 1.30. The Morgan fingerprint density at radius 3 is 2.87 bits per heavy atom. The maximum Gasteiger partial charge on any atom is 0.253 e. The molecule has 0 radical (unpaired) electrons. The average molecular weight is 210 g/mol. The van der Waals surface area contributed by atoms with Crippen molar-refractivity contribution in [2.75, 3.05) is 6.61 Å². The Bertz CT molecular complexity index is 308. The van der Waals surface area contributed by atoms with E-state index in [4.69, 9.17) is 5.11 Å². The van der Waals surface area contributed by atoms with Crippen molar-refractivity contribution >= 4 is 5.91 Å². The second-order valence-electron chi connectivity index (χ2n) is 3.94. The maximum atomic E-state index is 11.7. The lowest BCUT2D eigenvalue weighted by atomic mass is 9.94. The van der Waals surface area contributed by atoms with E-state index in [1.807, 2.05) is 13.8 Å². The van der Waals surface area contributed by atoms with Gasteiger partial charge in [0, 0.05) is 24.5 Å². The Hall–Kier alpha value is -1.29. The van der Waals surface area contributed by atoms with E-state index in [9.17, 15) is 4.79 Å². The zero-order valence-corrected chi connectivity index (χ0v) is 9.21. The van der Waals surface area contributed by atoms with Gasteiger partial charge in [0.05, 0.1) is 5.56 Å². The van der Waals surface area contributed by atoms with E-state index < -0.39 is 0 Å². The summed E-state index contributed by atoms with van der Waals surface area (Å²) in [5, 5.41) is 11.8. The fourth-order valence-electron chi connectivity index (χ4n) is 1.39. The summed E-state index contributed by atoms with van der Waals surface area (Å²) < 4.78 is 0. The first-order valence-corrected chi connectivity index (χ1v) is 5.17. The lowest BCUT2D eigenvalue weighted by molar-refractivity contribution is 0.0886. The van der Waals surface area contributed by atoms with Crippen LogP contribution in [0.3, 0.4) is 0 Å². The molecule has 4 heteroatoms. The number of H-pyrrole nitrogens is 1. The first-order chi connectivity index (χ1) is 7.11. The fraction of sp³-hybridized carbons (Fsp3) is 0.545. The van der Waals surface area contributed by atoms with Crippen LogP contribution in [0, 0.1) is 0 Å². The molecule has 0 bridgehead atoms. The van der Waals surface area contributed by atoms with Crippen LogP contribution in [0.2, 0.25) is 0 Å². The van der Waals surface area contributed by atoms with E-state index in [-0.39, 0.29) is 18.1 Å². The molecule has 1 atom stereocenters. The SMILES string of the molecule is CCC(C)(CCO)NC(=O)c1cc[nH]c1. The Morgan fingerprint density at radius 1 is 1.67 bits per heavy atom. The number of amides is 1. The number of hydrogen-bond acceptors (Lipinski definition) is 2. The van der Waals surface area contributed by atoms with Crippen LogP contribution in [0.4, 0.5) is 0 Å². The van der Waals surface area contributed by atoms with E-state index in [0.717, 1.165) is 6.42 Å². The number of aromatic amines is 1. The molecule has 4 nitrogen and oxygen atoms in total. The molecule has 84 valence electrons. The molecule has 3 N–H and O–H groups in total. The molecule has 0 aliphatic carbocycles. The second kappa shape index (κ2) is 4.98. The van der Waals surface area contributed by atoms with Crippen LogP contribution >= 0.6 is 0 Å². The third-order valence-corrected chi connectivity index (χ3v) is 2.72. The first kappa shape index (κ1) is 11.8. The summed E-state index contributed by atoms with van der Waals surface area (Å²) in [6.45, 7) is 4.01. The highest BCUT2D eigenvalue weighted by Crippen LogP contribution is 2.14. The molecule has 1 rings (SSSR count). The highest BCUT2D eigenvalue weighted by Gasteiger charge is 2.24. The Morgan fingerprint density at radius 2 is 2.40 bits per heavy atom. The molecule has 1 heterocycles. The van der Waals surface area contributed by atoms with Crippen molar-refractivity contribution in [3.8, 4) is 0 Å². The molecule has 1 amide bonds. The number of aliphatic hydroxyl groups is 1. The molecule has 0 fully saturated rings. The van der Waals surface area contributed by atoms with Gasteiger partial charge in [-0.15, -0.1) is 0 Å². The fourth-order valence-corrected chi connectivity index (χ4v) is 1.39. The lowest BCUT2D eigenvalue weighted by Gasteiger charge is -2.28. The smallest absolute Gasteiger partial charge is 0.253 e. The molecule has 0 spiro atoms. The molecule has 0 saturated carbocycles. The highest BCUT2D eigenvalue weighted by molar-refractivity contribution is 5.94. The maximum absolute atomic E-state index is 11.7. The van der Waals surface area contributed by atoms with Crippen molar-refractivity contribution in [3.63, 3.8) is 0 Å². The zero-order valence-electron chi connectivity index (χ0n) is 9.21. The number of carbonyl (C=O) groups is 1. The van der Waals surface area contributed by atoms with Crippen LogP contribution in [0.15, 0.2) is 18.5 Å². The summed E-state index contributed by atoms with van der Waals surface area (Å²) in [6, 6.07) is 1.73. The molecule has 0 aliphatic heterocycles. The summed E-state index contributed by atoms with van der Waals surface area (Å²) in [5.74, 6) is -0.103. The van der Waals surface area contributed by atoms with Crippen molar-refractivity contribution < 1.29 is 9.90 Å². The van der Waals surface area contributed by atoms with Gasteiger partial charge >= 0.3 is 0 Å². The average Bonchev–Trinajstić information content (AvgIpc) is 2.71. The van der Waals surface area contributed by atoms with Crippen molar-refractivity contribution in [2.24, 2.45) is 0 Å². The Labute approximate surface area is 89.7 Å². The standard InChI is InChI=1S/C11H18N2O2/c1-3-11(2,5-7-14)13-10(15)9-4-6-12-8-9/h4,6,8,12,14H,3,5,7H2,1-2H3,(H,13,15). The van der Waals surface area contributed by atoms with E-state index in [0.29, 0.717) is 12.0 Å². The third kappa shape index (κ3) is 3.09. The van der Waals surface area contributed by atoms with Gasteiger partial charge in [0.2, 0.25) is 0 Å².